The normalized spacial score (nSPS) is 27.1. The molecule has 1 amide bonds. The Bertz CT molecular complexity index is 780. The molecule has 0 saturated carbocycles. The fourth-order valence-corrected chi connectivity index (χ4v) is 4.15. The maximum atomic E-state index is 12.7. The average Bonchev–Trinajstić information content (AvgIpc) is 2.67. The summed E-state index contributed by atoms with van der Waals surface area (Å²) >= 11 is 0. The number of rotatable bonds is 4. The number of nitrogen functional groups attached to an aromatic ring is 1. The summed E-state index contributed by atoms with van der Waals surface area (Å²) in [6.07, 6.45) is 2.36. The molecule has 0 unspecified atom stereocenters. The molecule has 0 aromatic heterocycles. The van der Waals surface area contributed by atoms with Gasteiger partial charge in [0.25, 0.3) is 5.91 Å². The van der Waals surface area contributed by atoms with Gasteiger partial charge in [0, 0.05) is 17.6 Å². The lowest BCUT2D eigenvalue weighted by atomic mass is 9.79. The van der Waals surface area contributed by atoms with Gasteiger partial charge in [0.05, 0.1) is 5.69 Å². The van der Waals surface area contributed by atoms with Crippen LogP contribution in [0.5, 0.6) is 11.5 Å². The monoisotopic (exact) mass is 351 g/mol. The molecule has 5 heteroatoms. The van der Waals surface area contributed by atoms with Crippen LogP contribution in [0, 0.1) is 5.92 Å². The molecule has 2 aromatic carbocycles. The molecule has 0 aliphatic carbocycles. The van der Waals surface area contributed by atoms with Crippen LogP contribution >= 0.6 is 0 Å². The van der Waals surface area contributed by atoms with E-state index in [9.17, 15) is 4.79 Å². The van der Waals surface area contributed by atoms with Crippen LogP contribution in [0.2, 0.25) is 0 Å². The Morgan fingerprint density at radius 1 is 1.12 bits per heavy atom. The van der Waals surface area contributed by atoms with Crippen molar-refractivity contribution < 1.29 is 9.53 Å². The molecule has 3 heterocycles. The fourth-order valence-electron chi connectivity index (χ4n) is 4.15. The number of anilines is 1. The highest BCUT2D eigenvalue weighted by Gasteiger charge is 2.40. The van der Waals surface area contributed by atoms with Gasteiger partial charge in [-0.25, -0.2) is 0 Å². The molecule has 3 N–H and O–H groups in total. The molecule has 2 atom stereocenters. The van der Waals surface area contributed by atoms with E-state index in [-0.39, 0.29) is 11.9 Å². The van der Waals surface area contributed by atoms with Crippen molar-refractivity contribution >= 4 is 11.6 Å². The maximum Gasteiger partial charge on any atom is 0.251 e. The highest BCUT2D eigenvalue weighted by molar-refractivity contribution is 5.94. The Kier molecular flexibility index (Phi) is 4.55. The Morgan fingerprint density at radius 2 is 1.81 bits per heavy atom. The zero-order valence-corrected chi connectivity index (χ0v) is 15.0. The number of hydrogen-bond donors (Lipinski definition) is 2. The Labute approximate surface area is 154 Å². The first kappa shape index (κ1) is 16.9. The predicted molar refractivity (Wildman–Crippen MR) is 102 cm³/mol. The van der Waals surface area contributed by atoms with E-state index in [0.29, 0.717) is 34.7 Å². The third-order valence-corrected chi connectivity index (χ3v) is 5.74. The van der Waals surface area contributed by atoms with Gasteiger partial charge >= 0.3 is 0 Å². The number of para-hydroxylation sites is 2. The summed E-state index contributed by atoms with van der Waals surface area (Å²) < 4.78 is 5.79. The van der Waals surface area contributed by atoms with Gasteiger partial charge in [-0.1, -0.05) is 12.1 Å². The SMILES string of the molecule is C[C@H]1[C@H](NC(=O)c2ccc(Oc3ccccc3N)cc2)C2CCN1CC2. The van der Waals surface area contributed by atoms with Gasteiger partial charge < -0.3 is 15.8 Å². The first-order valence-electron chi connectivity index (χ1n) is 9.29. The van der Waals surface area contributed by atoms with Crippen molar-refractivity contribution in [3.8, 4) is 11.5 Å². The molecule has 5 rings (SSSR count). The van der Waals surface area contributed by atoms with Crippen LogP contribution < -0.4 is 15.8 Å². The van der Waals surface area contributed by atoms with Crippen LogP contribution in [0.1, 0.15) is 30.1 Å². The number of benzene rings is 2. The predicted octanol–water partition coefficient (Wildman–Crippen LogP) is 3.27. The molecule has 2 aromatic rings. The first-order valence-corrected chi connectivity index (χ1v) is 9.29. The first-order chi connectivity index (χ1) is 12.6. The fraction of sp³-hybridized carbons (Fsp3) is 0.381. The van der Waals surface area contributed by atoms with Crippen LogP contribution in [0.15, 0.2) is 48.5 Å². The van der Waals surface area contributed by atoms with Crippen LogP contribution in [0.3, 0.4) is 0 Å². The summed E-state index contributed by atoms with van der Waals surface area (Å²) in [5, 5.41) is 3.25. The largest absolute Gasteiger partial charge is 0.455 e. The molecule has 3 saturated heterocycles. The zero-order chi connectivity index (χ0) is 18.1. The van der Waals surface area contributed by atoms with E-state index in [1.165, 1.54) is 12.8 Å². The van der Waals surface area contributed by atoms with Crippen molar-refractivity contribution in [3.63, 3.8) is 0 Å². The summed E-state index contributed by atoms with van der Waals surface area (Å²) in [6, 6.07) is 15.2. The van der Waals surface area contributed by atoms with E-state index in [4.69, 9.17) is 10.5 Å². The lowest BCUT2D eigenvalue weighted by Crippen LogP contribution is -2.62. The maximum absolute atomic E-state index is 12.7. The highest BCUT2D eigenvalue weighted by atomic mass is 16.5. The summed E-state index contributed by atoms with van der Waals surface area (Å²) in [4.78, 5) is 15.1. The second-order valence-electron chi connectivity index (χ2n) is 7.28. The number of ether oxygens (including phenoxy) is 1. The van der Waals surface area contributed by atoms with Gasteiger partial charge in [-0.15, -0.1) is 0 Å². The molecule has 26 heavy (non-hydrogen) atoms. The van der Waals surface area contributed by atoms with Crippen molar-refractivity contribution in [3.05, 3.63) is 54.1 Å². The van der Waals surface area contributed by atoms with Crippen LogP contribution in [-0.4, -0.2) is 36.0 Å². The number of carbonyl (C=O) groups is 1. The van der Waals surface area contributed by atoms with Crippen molar-refractivity contribution in [1.29, 1.82) is 0 Å². The van der Waals surface area contributed by atoms with Crippen LogP contribution in [-0.2, 0) is 0 Å². The summed E-state index contributed by atoms with van der Waals surface area (Å²) in [6.45, 7) is 4.54. The molecule has 3 aliphatic heterocycles. The Hall–Kier alpha value is -2.53. The van der Waals surface area contributed by atoms with Crippen molar-refractivity contribution in [2.75, 3.05) is 18.8 Å². The minimum Gasteiger partial charge on any atom is -0.455 e. The third-order valence-electron chi connectivity index (χ3n) is 5.74. The molecule has 5 nitrogen and oxygen atoms in total. The van der Waals surface area contributed by atoms with Gasteiger partial charge in [-0.3, -0.25) is 9.69 Å². The van der Waals surface area contributed by atoms with Gasteiger partial charge in [-0.2, -0.15) is 0 Å². The van der Waals surface area contributed by atoms with Gasteiger partial charge in [0.15, 0.2) is 0 Å². The van der Waals surface area contributed by atoms with E-state index in [2.05, 4.69) is 17.1 Å². The number of piperidine rings is 3. The molecule has 0 spiro atoms. The number of nitrogens with one attached hydrogen (secondary N) is 1. The average molecular weight is 351 g/mol. The van der Waals surface area contributed by atoms with E-state index >= 15 is 0 Å². The van der Waals surface area contributed by atoms with Crippen molar-refractivity contribution in [2.24, 2.45) is 5.92 Å². The number of hydrogen-bond acceptors (Lipinski definition) is 4. The number of carbonyl (C=O) groups excluding carboxylic acids is 1. The second kappa shape index (κ2) is 7.00. The number of fused-ring (bicyclic) bond motifs is 3. The second-order valence-corrected chi connectivity index (χ2v) is 7.28. The summed E-state index contributed by atoms with van der Waals surface area (Å²) in [5.41, 5.74) is 7.14. The third kappa shape index (κ3) is 3.27. The van der Waals surface area contributed by atoms with Gasteiger partial charge in [0.2, 0.25) is 0 Å². The van der Waals surface area contributed by atoms with E-state index in [1.54, 1.807) is 30.3 Å². The quantitative estimate of drug-likeness (QED) is 0.830. The molecule has 0 radical (unpaired) electrons. The smallest absolute Gasteiger partial charge is 0.251 e. The number of nitrogens with zero attached hydrogens (tertiary/aromatic N) is 1. The number of amides is 1. The minimum atomic E-state index is -0.0126. The van der Waals surface area contributed by atoms with E-state index < -0.39 is 0 Å². The van der Waals surface area contributed by atoms with E-state index in [1.807, 2.05) is 18.2 Å². The highest BCUT2D eigenvalue weighted by Crippen LogP contribution is 2.32. The van der Waals surface area contributed by atoms with E-state index in [0.717, 1.165) is 13.1 Å². The Balaban J connectivity index is 1.42. The molecule has 136 valence electrons. The summed E-state index contributed by atoms with van der Waals surface area (Å²) in [5.74, 6) is 1.87. The minimum absolute atomic E-state index is 0.0126. The summed E-state index contributed by atoms with van der Waals surface area (Å²) in [7, 11) is 0. The van der Waals surface area contributed by atoms with Gasteiger partial charge in [-0.05, 0) is 75.2 Å². The molecule has 2 bridgehead atoms. The number of nitrogens with two attached hydrogens (primary N) is 1. The van der Waals surface area contributed by atoms with Crippen LogP contribution in [0.4, 0.5) is 5.69 Å². The molecular weight excluding hydrogens is 326 g/mol. The Morgan fingerprint density at radius 3 is 2.46 bits per heavy atom. The topological polar surface area (TPSA) is 67.6 Å². The molecule has 3 fully saturated rings. The van der Waals surface area contributed by atoms with Crippen LogP contribution in [0.25, 0.3) is 0 Å². The lowest BCUT2D eigenvalue weighted by molar-refractivity contribution is 0.0217. The lowest BCUT2D eigenvalue weighted by Gasteiger charge is -2.49. The molecule has 3 aliphatic rings. The van der Waals surface area contributed by atoms with Gasteiger partial charge in [0.1, 0.15) is 11.5 Å². The standard InChI is InChI=1S/C21H25N3O2/c1-14-20(15-10-12-24(14)13-11-15)23-21(25)16-6-8-17(9-7-16)26-19-5-3-2-4-18(19)22/h2-9,14-15,20H,10-13,22H2,1H3,(H,23,25)/t14-,20-/m0/s1. The zero-order valence-electron chi connectivity index (χ0n) is 15.0. The van der Waals surface area contributed by atoms with Crippen molar-refractivity contribution in [2.45, 2.75) is 31.8 Å². The van der Waals surface area contributed by atoms with Crippen molar-refractivity contribution in [1.82, 2.24) is 10.2 Å². The molecular formula is C21H25N3O2.